The molecule has 0 bridgehead atoms. The molecule has 0 amide bonds. The van der Waals surface area contributed by atoms with Crippen LogP contribution in [-0.4, -0.2) is 65.4 Å². The van der Waals surface area contributed by atoms with Crippen LogP contribution in [0.5, 0.6) is 0 Å². The Hall–Kier alpha value is -0.560. The Labute approximate surface area is 89.7 Å². The molecule has 0 aromatic heterocycles. The summed E-state index contributed by atoms with van der Waals surface area (Å²) in [4.78, 5) is 14.0. The van der Waals surface area contributed by atoms with Gasteiger partial charge in [-0.25, -0.2) is 9.90 Å². The highest BCUT2D eigenvalue weighted by Crippen LogP contribution is 2.12. The van der Waals surface area contributed by atoms with E-state index in [2.05, 4.69) is 0 Å². The molecule has 1 atom stereocenters. The Morgan fingerprint density at radius 2 is 1.87 bits per heavy atom. The van der Waals surface area contributed by atoms with Crippen LogP contribution in [0.4, 0.5) is 0 Å². The van der Waals surface area contributed by atoms with E-state index in [9.17, 15) is 19.9 Å². The molecule has 83 valence electrons. The van der Waals surface area contributed by atoms with E-state index >= 15 is 0 Å². The first-order valence-electron chi connectivity index (χ1n) is 5.00. The Morgan fingerprint density at radius 3 is 2.27 bits per heavy atom. The van der Waals surface area contributed by atoms with Crippen molar-refractivity contribution >= 4 is 20.1 Å². The fourth-order valence-electron chi connectivity index (χ4n) is 1.81. The molecule has 1 heterocycles. The van der Waals surface area contributed by atoms with Crippen LogP contribution in [0.2, 0.25) is 13.6 Å². The first-order valence-corrected chi connectivity index (χ1v) is 5.00. The van der Waals surface area contributed by atoms with Crippen molar-refractivity contribution < 1.29 is 19.9 Å². The van der Waals surface area contributed by atoms with Crippen molar-refractivity contribution in [2.45, 2.75) is 19.7 Å². The zero-order valence-electron chi connectivity index (χ0n) is 8.96. The highest BCUT2D eigenvalue weighted by molar-refractivity contribution is 6.46. The van der Waals surface area contributed by atoms with Gasteiger partial charge in [-0.15, -0.1) is 0 Å². The number of hydrogen-bond donors (Lipinski definition) is 2. The lowest BCUT2D eigenvalue weighted by molar-refractivity contribution is -0.149. The van der Waals surface area contributed by atoms with Gasteiger partial charge in [-0.05, 0) is 13.6 Å². The third-order valence-corrected chi connectivity index (χ3v) is 2.73. The summed E-state index contributed by atoms with van der Waals surface area (Å²) in [6.07, 6.45) is 0. The van der Waals surface area contributed by atoms with E-state index in [-0.39, 0.29) is 6.54 Å². The zero-order chi connectivity index (χ0) is 11.6. The molecule has 2 N–H and O–H groups in total. The Kier molecular flexibility index (Phi) is 4.15. The van der Waals surface area contributed by atoms with E-state index in [1.54, 1.807) is 11.6 Å². The van der Waals surface area contributed by atoms with E-state index < -0.39 is 26.1 Å². The molecule has 0 saturated carbocycles. The van der Waals surface area contributed by atoms with Gasteiger partial charge in [-0.1, -0.05) is 0 Å². The van der Waals surface area contributed by atoms with Crippen molar-refractivity contribution in [3.8, 4) is 0 Å². The van der Waals surface area contributed by atoms with Gasteiger partial charge in [0.05, 0.1) is 0 Å². The maximum Gasteiger partial charge on any atom is 0.377 e. The van der Waals surface area contributed by atoms with Crippen LogP contribution >= 0.6 is 0 Å². The summed E-state index contributed by atoms with van der Waals surface area (Å²) in [6.45, 7) is 4.22. The minimum absolute atomic E-state index is 0.172. The van der Waals surface area contributed by atoms with Crippen LogP contribution in [0.1, 0.15) is 0 Å². The summed E-state index contributed by atoms with van der Waals surface area (Å²) in [6, 6.07) is -0.867. The van der Waals surface area contributed by atoms with Crippen molar-refractivity contribution in [3.63, 3.8) is 0 Å². The summed E-state index contributed by atoms with van der Waals surface area (Å²) in [5.74, 6) is -1.22. The average Bonchev–Trinajstić information content (AvgIpc) is 2.16. The number of carbonyl (C=O) groups excluding carboxylic acids is 1. The van der Waals surface area contributed by atoms with Crippen LogP contribution in [0, 0.1) is 0 Å². The molecule has 0 aromatic rings. The first-order chi connectivity index (χ1) is 6.93. The SMILES string of the molecule is CB(O)N1CCN(B(C)O)C(C([O])=O)C1. The molecule has 1 saturated heterocycles. The maximum absolute atomic E-state index is 10.9. The van der Waals surface area contributed by atoms with Crippen molar-refractivity contribution in [2.75, 3.05) is 19.6 Å². The van der Waals surface area contributed by atoms with E-state index in [1.807, 2.05) is 0 Å². The predicted octanol–water partition coefficient (Wildman–Crippen LogP) is -1.85. The summed E-state index contributed by atoms with van der Waals surface area (Å²) in [5.41, 5.74) is 0. The van der Waals surface area contributed by atoms with Crippen molar-refractivity contribution in [1.82, 2.24) is 9.62 Å². The normalized spacial score (nSPS) is 23.9. The second-order valence-corrected chi connectivity index (χ2v) is 3.83. The molecule has 0 aliphatic carbocycles. The van der Waals surface area contributed by atoms with Crippen LogP contribution in [0.3, 0.4) is 0 Å². The minimum Gasteiger partial charge on any atom is -0.437 e. The van der Waals surface area contributed by atoms with E-state index in [1.165, 1.54) is 11.6 Å². The third kappa shape index (κ3) is 2.94. The van der Waals surface area contributed by atoms with Gasteiger partial charge in [0.15, 0.2) is 0 Å². The minimum atomic E-state index is -1.22. The molecule has 15 heavy (non-hydrogen) atoms. The topological polar surface area (TPSA) is 83.9 Å². The van der Waals surface area contributed by atoms with Crippen LogP contribution in [0.15, 0.2) is 0 Å². The number of rotatable bonds is 3. The lowest BCUT2D eigenvalue weighted by Gasteiger charge is -2.40. The van der Waals surface area contributed by atoms with Crippen molar-refractivity contribution in [1.29, 1.82) is 0 Å². The molecule has 0 aromatic carbocycles. The third-order valence-electron chi connectivity index (χ3n) is 2.73. The lowest BCUT2D eigenvalue weighted by atomic mass is 9.78. The molecule has 6 nitrogen and oxygen atoms in total. The fraction of sp³-hybridized carbons (Fsp3) is 0.857. The summed E-state index contributed by atoms with van der Waals surface area (Å²) in [7, 11) is -1.49. The maximum atomic E-state index is 10.9. The molecule has 8 heteroatoms. The van der Waals surface area contributed by atoms with Gasteiger partial charge in [0.1, 0.15) is 6.04 Å². The van der Waals surface area contributed by atoms with Gasteiger partial charge < -0.3 is 19.7 Å². The van der Waals surface area contributed by atoms with Gasteiger partial charge in [0.25, 0.3) is 0 Å². The molecule has 1 aliphatic heterocycles. The van der Waals surface area contributed by atoms with Gasteiger partial charge in [0, 0.05) is 19.6 Å². The van der Waals surface area contributed by atoms with Crippen LogP contribution in [-0.2, 0) is 9.90 Å². The number of nitrogens with zero attached hydrogens (tertiary/aromatic N) is 2. The highest BCUT2D eigenvalue weighted by Gasteiger charge is 2.38. The standard InChI is InChI=1S/C7H15B2N2O4/c1-8(14)10-3-4-11(9(2)15)6(5-10)7(12)13/h6,14-15H,3-5H2,1-2H3. The molecule has 1 fully saturated rings. The Bertz CT molecular complexity index is 239. The largest absolute Gasteiger partial charge is 0.437 e. The Morgan fingerprint density at radius 1 is 1.27 bits per heavy atom. The number of hydrogen-bond acceptors (Lipinski definition) is 5. The summed E-state index contributed by atoms with van der Waals surface area (Å²) in [5, 5.41) is 29.6. The summed E-state index contributed by atoms with van der Waals surface area (Å²) < 4.78 is 0. The van der Waals surface area contributed by atoms with E-state index in [0.717, 1.165) is 0 Å². The highest BCUT2D eigenvalue weighted by atomic mass is 16.4. The summed E-state index contributed by atoms with van der Waals surface area (Å²) >= 11 is 0. The van der Waals surface area contributed by atoms with Crippen LogP contribution < -0.4 is 0 Å². The smallest absolute Gasteiger partial charge is 0.377 e. The number of carbonyl (C=O) groups is 1. The lowest BCUT2D eigenvalue weighted by Crippen LogP contribution is -2.62. The predicted molar refractivity (Wildman–Crippen MR) is 55.4 cm³/mol. The molecule has 0 spiro atoms. The average molecular weight is 213 g/mol. The molecular formula is C7H15B2N2O4. The van der Waals surface area contributed by atoms with Gasteiger partial charge in [-0.2, -0.15) is 0 Å². The zero-order valence-corrected chi connectivity index (χ0v) is 8.96. The Balaban J connectivity index is 2.69. The van der Waals surface area contributed by atoms with Gasteiger partial charge >= 0.3 is 20.1 Å². The van der Waals surface area contributed by atoms with Crippen molar-refractivity contribution in [3.05, 3.63) is 0 Å². The number of piperazine rings is 1. The molecule has 1 unspecified atom stereocenters. The molecule has 1 radical (unpaired) electrons. The fourth-order valence-corrected chi connectivity index (χ4v) is 1.81. The molecule has 1 aliphatic rings. The van der Waals surface area contributed by atoms with Crippen LogP contribution in [0.25, 0.3) is 0 Å². The van der Waals surface area contributed by atoms with E-state index in [4.69, 9.17) is 0 Å². The van der Waals surface area contributed by atoms with E-state index in [0.29, 0.717) is 13.1 Å². The monoisotopic (exact) mass is 213 g/mol. The molecular weight excluding hydrogens is 198 g/mol. The quantitative estimate of drug-likeness (QED) is 0.537. The second-order valence-electron chi connectivity index (χ2n) is 3.83. The van der Waals surface area contributed by atoms with Crippen molar-refractivity contribution in [2.24, 2.45) is 0 Å². The van der Waals surface area contributed by atoms with Gasteiger partial charge in [0.2, 0.25) is 0 Å². The second kappa shape index (κ2) is 4.98. The first kappa shape index (κ1) is 12.5. The van der Waals surface area contributed by atoms with Gasteiger partial charge in [-0.3, -0.25) is 0 Å². The molecule has 1 rings (SSSR count).